The van der Waals surface area contributed by atoms with E-state index >= 15 is 0 Å². The molecule has 0 aliphatic carbocycles. The topological polar surface area (TPSA) is 75.3 Å². The molecule has 17 heavy (non-hydrogen) atoms. The summed E-state index contributed by atoms with van der Waals surface area (Å²) < 4.78 is 71.1. The molecule has 11 heteroatoms. The monoisotopic (exact) mass is 314 g/mol. The van der Waals surface area contributed by atoms with Crippen LogP contribution in [0.3, 0.4) is 0 Å². The lowest BCUT2D eigenvalue weighted by atomic mass is 10.4. The van der Waals surface area contributed by atoms with Crippen LogP contribution < -0.4 is 9.58 Å². The minimum atomic E-state index is -5.62. The van der Waals surface area contributed by atoms with Gasteiger partial charge in [-0.25, -0.2) is 13.5 Å². The van der Waals surface area contributed by atoms with Crippen molar-refractivity contribution >= 4 is 28.1 Å². The van der Waals surface area contributed by atoms with Crippen molar-refractivity contribution in [2.24, 2.45) is 0 Å². The van der Waals surface area contributed by atoms with Crippen LogP contribution in [0.15, 0.2) is 0 Å². The number of nitrogens with one attached hydrogen (secondary N) is 2. The van der Waals surface area contributed by atoms with Crippen LogP contribution in [0, 0.1) is 0 Å². The van der Waals surface area contributed by atoms with Crippen LogP contribution in [0.2, 0.25) is 0 Å². The van der Waals surface area contributed by atoms with Gasteiger partial charge in [0.05, 0.1) is 0 Å². The fourth-order valence-electron chi connectivity index (χ4n) is 0.658. The molecule has 2 atom stereocenters. The fourth-order valence-corrected chi connectivity index (χ4v) is 7.19. The highest BCUT2D eigenvalue weighted by atomic mass is 32.7. The standard InChI is InChI=1S/C6H14F3N2O3PS2/c1-4-5(2)16-15(12,10-3)11-17(13,14)6(7,8)9/h5H,4H2,1-3H3,(H2,10,11,12). The molecule has 0 spiro atoms. The zero-order valence-electron chi connectivity index (χ0n) is 9.41. The lowest BCUT2D eigenvalue weighted by Gasteiger charge is -2.21. The summed E-state index contributed by atoms with van der Waals surface area (Å²) in [6.07, 6.45) is 0.546. The Morgan fingerprint density at radius 3 is 2.18 bits per heavy atom. The predicted molar refractivity (Wildman–Crippen MR) is 62.1 cm³/mol. The third kappa shape index (κ3) is 5.17. The van der Waals surface area contributed by atoms with E-state index in [0.717, 1.165) is 7.05 Å². The van der Waals surface area contributed by atoms with Gasteiger partial charge in [0.25, 0.3) is 6.65 Å². The maximum atomic E-state index is 12.1. The highest BCUT2D eigenvalue weighted by Gasteiger charge is 2.49. The highest BCUT2D eigenvalue weighted by Crippen LogP contribution is 2.54. The summed E-state index contributed by atoms with van der Waals surface area (Å²) in [6.45, 7) is -0.501. The maximum Gasteiger partial charge on any atom is 0.511 e. The van der Waals surface area contributed by atoms with Crippen LogP contribution in [0.5, 0.6) is 0 Å². The van der Waals surface area contributed by atoms with Crippen molar-refractivity contribution in [1.82, 2.24) is 9.58 Å². The van der Waals surface area contributed by atoms with Gasteiger partial charge >= 0.3 is 15.5 Å². The van der Waals surface area contributed by atoms with E-state index < -0.39 is 22.2 Å². The Hall–Kier alpha value is 0.240. The Bertz CT molecular complexity index is 398. The molecule has 0 radical (unpaired) electrons. The first kappa shape index (κ1) is 17.2. The lowest BCUT2D eigenvalue weighted by Crippen LogP contribution is -2.36. The molecule has 5 nitrogen and oxygen atoms in total. The molecule has 0 aromatic carbocycles. The van der Waals surface area contributed by atoms with Crippen LogP contribution in [-0.4, -0.2) is 26.2 Å². The van der Waals surface area contributed by atoms with Gasteiger partial charge in [0.2, 0.25) is 0 Å². The smallest absolute Gasteiger partial charge is 0.276 e. The van der Waals surface area contributed by atoms with E-state index in [2.05, 4.69) is 5.09 Å². The number of halogens is 3. The Morgan fingerprint density at radius 2 is 1.88 bits per heavy atom. The van der Waals surface area contributed by atoms with E-state index in [4.69, 9.17) is 0 Å². The highest BCUT2D eigenvalue weighted by molar-refractivity contribution is 8.58. The van der Waals surface area contributed by atoms with Gasteiger partial charge in [-0.15, -0.1) is 4.49 Å². The summed E-state index contributed by atoms with van der Waals surface area (Å²) in [5.41, 5.74) is -5.48. The quantitative estimate of drug-likeness (QED) is 0.736. The predicted octanol–water partition coefficient (Wildman–Crippen LogP) is 2.28. The van der Waals surface area contributed by atoms with Crippen LogP contribution in [-0.2, 0) is 14.6 Å². The number of rotatable bonds is 6. The molecule has 2 N–H and O–H groups in total. The van der Waals surface area contributed by atoms with Crippen molar-refractivity contribution in [1.29, 1.82) is 0 Å². The number of sulfonamides is 1. The van der Waals surface area contributed by atoms with Gasteiger partial charge in [-0.05, 0) is 13.5 Å². The molecule has 0 aliphatic rings. The summed E-state index contributed by atoms with van der Waals surface area (Å²) in [5.74, 6) is 0. The average molecular weight is 314 g/mol. The van der Waals surface area contributed by atoms with Crippen molar-refractivity contribution in [3.8, 4) is 0 Å². The molecule has 0 heterocycles. The van der Waals surface area contributed by atoms with Gasteiger partial charge < -0.3 is 0 Å². The first-order valence-corrected chi connectivity index (χ1v) is 9.22. The van der Waals surface area contributed by atoms with Crippen molar-refractivity contribution < 1.29 is 26.2 Å². The summed E-state index contributed by atoms with van der Waals surface area (Å²) in [6, 6.07) is 0. The molecule has 0 aromatic heterocycles. The van der Waals surface area contributed by atoms with Gasteiger partial charge in [0.15, 0.2) is 0 Å². The first-order chi connectivity index (χ1) is 7.47. The van der Waals surface area contributed by atoms with E-state index in [-0.39, 0.29) is 5.25 Å². The van der Waals surface area contributed by atoms with E-state index in [1.807, 2.05) is 0 Å². The first-order valence-electron chi connectivity index (χ1n) is 4.55. The van der Waals surface area contributed by atoms with Crippen LogP contribution in [0.4, 0.5) is 13.2 Å². The molecule has 0 rings (SSSR count). The molecular formula is C6H14F3N2O3PS2. The van der Waals surface area contributed by atoms with Crippen molar-refractivity contribution in [2.45, 2.75) is 31.0 Å². The zero-order valence-corrected chi connectivity index (χ0v) is 11.9. The van der Waals surface area contributed by atoms with Crippen molar-refractivity contribution in [3.05, 3.63) is 0 Å². The molecule has 2 unspecified atom stereocenters. The Labute approximate surface area is 102 Å². The van der Waals surface area contributed by atoms with Crippen molar-refractivity contribution in [3.63, 3.8) is 0 Å². The van der Waals surface area contributed by atoms with Crippen molar-refractivity contribution in [2.75, 3.05) is 7.05 Å². The van der Waals surface area contributed by atoms with E-state index in [9.17, 15) is 26.2 Å². The second-order valence-electron chi connectivity index (χ2n) is 3.14. The zero-order chi connectivity index (χ0) is 13.9. The number of hydrogen-bond acceptors (Lipinski definition) is 4. The SMILES string of the molecule is CCC(C)SP(=O)(NC)NS(=O)(=O)C(F)(F)F. The molecule has 0 aliphatic heterocycles. The van der Waals surface area contributed by atoms with Gasteiger partial charge in [-0.2, -0.15) is 13.2 Å². The van der Waals surface area contributed by atoms with E-state index in [0.29, 0.717) is 17.8 Å². The molecule has 104 valence electrons. The third-order valence-corrected chi connectivity index (χ3v) is 9.04. The van der Waals surface area contributed by atoms with Gasteiger partial charge in [0.1, 0.15) is 0 Å². The molecule has 0 amide bonds. The normalized spacial score (nSPS) is 18.7. The van der Waals surface area contributed by atoms with Gasteiger partial charge in [-0.1, -0.05) is 25.2 Å². The largest absolute Gasteiger partial charge is 0.511 e. The minimum Gasteiger partial charge on any atom is -0.276 e. The molecule has 0 fully saturated rings. The van der Waals surface area contributed by atoms with Gasteiger partial charge in [0, 0.05) is 5.25 Å². The maximum absolute atomic E-state index is 12.1. The molecular weight excluding hydrogens is 300 g/mol. The Morgan fingerprint density at radius 1 is 1.41 bits per heavy atom. The molecule has 0 aromatic rings. The van der Waals surface area contributed by atoms with E-state index in [1.54, 1.807) is 13.8 Å². The second-order valence-corrected chi connectivity index (χ2v) is 10.1. The van der Waals surface area contributed by atoms with Crippen LogP contribution in [0.25, 0.3) is 0 Å². The number of hydrogen-bond donors (Lipinski definition) is 2. The lowest BCUT2D eigenvalue weighted by molar-refractivity contribution is -0.0441. The third-order valence-electron chi connectivity index (χ3n) is 1.74. The summed E-state index contributed by atoms with van der Waals surface area (Å²) in [5, 5.41) is 1.85. The fraction of sp³-hybridized carbons (Fsp3) is 1.00. The molecule has 0 saturated carbocycles. The number of alkyl halides is 3. The summed E-state index contributed by atoms with van der Waals surface area (Å²) in [4.78, 5) is 0. The Balaban J connectivity index is 5.01. The molecule has 0 saturated heterocycles. The Kier molecular flexibility index (Phi) is 6.00. The van der Waals surface area contributed by atoms with Crippen LogP contribution in [0.1, 0.15) is 20.3 Å². The van der Waals surface area contributed by atoms with Crippen LogP contribution >= 0.6 is 18.0 Å². The summed E-state index contributed by atoms with van der Waals surface area (Å²) in [7, 11) is -4.48. The summed E-state index contributed by atoms with van der Waals surface area (Å²) >= 11 is 0.644. The van der Waals surface area contributed by atoms with Gasteiger partial charge in [-0.3, -0.25) is 4.57 Å². The van der Waals surface area contributed by atoms with E-state index in [1.165, 1.54) is 4.49 Å². The second kappa shape index (κ2) is 5.92. The average Bonchev–Trinajstić information content (AvgIpc) is 2.14. The minimum absolute atomic E-state index is 0.246. The molecule has 0 bridgehead atoms.